The molecule has 2 heteroatoms. The number of hydrogen-bond donors (Lipinski definition) is 1. The van der Waals surface area contributed by atoms with E-state index < -0.39 is 0 Å². The summed E-state index contributed by atoms with van der Waals surface area (Å²) in [5.41, 5.74) is 3.12. The number of benzene rings is 1. The fraction of sp³-hybridized carbons (Fsp3) is 0.267. The quantitative estimate of drug-likeness (QED) is 0.626. The van der Waals surface area contributed by atoms with Crippen molar-refractivity contribution in [1.82, 2.24) is 10.3 Å². The van der Waals surface area contributed by atoms with Gasteiger partial charge in [0.1, 0.15) is 0 Å². The van der Waals surface area contributed by atoms with Crippen LogP contribution in [-0.2, 0) is 0 Å². The van der Waals surface area contributed by atoms with Crippen molar-refractivity contribution in [3.8, 4) is 11.8 Å². The van der Waals surface area contributed by atoms with E-state index in [1.165, 1.54) is 0 Å². The summed E-state index contributed by atoms with van der Waals surface area (Å²) in [7, 11) is 0. The summed E-state index contributed by atoms with van der Waals surface area (Å²) in [6, 6.07) is 10.2. The standard InChI is InChI=1S/C15H16N2/c1-3-16-10-4-5-13-7-9-15-14(11-13)8-6-12(2)17-15/h6-9,11,16H,3,10H2,1-2H3. The molecule has 17 heavy (non-hydrogen) atoms. The molecule has 0 bridgehead atoms. The van der Waals surface area contributed by atoms with Crippen LogP contribution in [0, 0.1) is 18.8 Å². The Morgan fingerprint density at radius 3 is 2.94 bits per heavy atom. The van der Waals surface area contributed by atoms with E-state index in [2.05, 4.69) is 41.2 Å². The van der Waals surface area contributed by atoms with Gasteiger partial charge in [-0.2, -0.15) is 0 Å². The van der Waals surface area contributed by atoms with Gasteiger partial charge < -0.3 is 5.32 Å². The molecule has 1 aromatic carbocycles. The van der Waals surface area contributed by atoms with Crippen LogP contribution >= 0.6 is 0 Å². The van der Waals surface area contributed by atoms with E-state index in [1.54, 1.807) is 0 Å². The topological polar surface area (TPSA) is 24.9 Å². The zero-order chi connectivity index (χ0) is 12.1. The summed E-state index contributed by atoms with van der Waals surface area (Å²) in [5, 5.41) is 4.32. The molecule has 1 aromatic heterocycles. The van der Waals surface area contributed by atoms with Crippen molar-refractivity contribution in [2.75, 3.05) is 13.1 Å². The summed E-state index contributed by atoms with van der Waals surface area (Å²) in [6.45, 7) is 5.77. The van der Waals surface area contributed by atoms with Crippen LogP contribution in [0.15, 0.2) is 30.3 Å². The van der Waals surface area contributed by atoms with E-state index in [0.29, 0.717) is 0 Å². The maximum absolute atomic E-state index is 4.47. The minimum atomic E-state index is 0.737. The first kappa shape index (κ1) is 11.6. The molecule has 0 aliphatic carbocycles. The second-order valence-electron chi connectivity index (χ2n) is 3.94. The van der Waals surface area contributed by atoms with E-state index in [0.717, 1.165) is 35.2 Å². The van der Waals surface area contributed by atoms with Crippen LogP contribution in [0.1, 0.15) is 18.2 Å². The Hall–Kier alpha value is -1.85. The van der Waals surface area contributed by atoms with Crippen LogP contribution in [0.4, 0.5) is 0 Å². The molecular weight excluding hydrogens is 208 g/mol. The molecule has 2 aromatic rings. The van der Waals surface area contributed by atoms with Crippen LogP contribution < -0.4 is 5.32 Å². The minimum absolute atomic E-state index is 0.737. The highest BCUT2D eigenvalue weighted by atomic mass is 14.8. The monoisotopic (exact) mass is 224 g/mol. The van der Waals surface area contributed by atoms with Gasteiger partial charge in [-0.15, -0.1) is 0 Å². The number of nitrogens with zero attached hydrogens (tertiary/aromatic N) is 1. The summed E-state index contributed by atoms with van der Waals surface area (Å²) in [5.74, 6) is 6.24. The van der Waals surface area contributed by atoms with Gasteiger partial charge in [-0.1, -0.05) is 24.8 Å². The molecule has 0 aliphatic heterocycles. The van der Waals surface area contributed by atoms with Crippen LogP contribution in [0.2, 0.25) is 0 Å². The van der Waals surface area contributed by atoms with E-state index in [4.69, 9.17) is 0 Å². The molecular formula is C15H16N2. The van der Waals surface area contributed by atoms with Gasteiger partial charge in [0, 0.05) is 16.6 Å². The number of hydrogen-bond acceptors (Lipinski definition) is 2. The molecule has 0 saturated heterocycles. The largest absolute Gasteiger partial charge is 0.306 e. The van der Waals surface area contributed by atoms with Gasteiger partial charge in [0.25, 0.3) is 0 Å². The van der Waals surface area contributed by atoms with Gasteiger partial charge >= 0.3 is 0 Å². The van der Waals surface area contributed by atoms with Gasteiger partial charge in [0.15, 0.2) is 0 Å². The Morgan fingerprint density at radius 1 is 1.24 bits per heavy atom. The Balaban J connectivity index is 2.25. The smallest absolute Gasteiger partial charge is 0.0706 e. The third-order valence-electron chi connectivity index (χ3n) is 2.52. The predicted molar refractivity (Wildman–Crippen MR) is 71.9 cm³/mol. The molecule has 0 spiro atoms. The maximum Gasteiger partial charge on any atom is 0.0706 e. The number of nitrogens with one attached hydrogen (secondary N) is 1. The Bertz CT molecular complexity index is 576. The minimum Gasteiger partial charge on any atom is -0.306 e. The van der Waals surface area contributed by atoms with E-state index in [-0.39, 0.29) is 0 Å². The summed E-state index contributed by atoms with van der Waals surface area (Å²) in [6.07, 6.45) is 0. The van der Waals surface area contributed by atoms with Crippen molar-refractivity contribution in [2.45, 2.75) is 13.8 Å². The number of fused-ring (bicyclic) bond motifs is 1. The lowest BCUT2D eigenvalue weighted by Crippen LogP contribution is -2.11. The number of rotatable bonds is 2. The lowest BCUT2D eigenvalue weighted by molar-refractivity contribution is 0.811. The summed E-state index contributed by atoms with van der Waals surface area (Å²) < 4.78 is 0. The highest BCUT2D eigenvalue weighted by Crippen LogP contribution is 2.13. The third kappa shape index (κ3) is 3.05. The van der Waals surface area contributed by atoms with E-state index in [1.807, 2.05) is 25.1 Å². The van der Waals surface area contributed by atoms with Crippen LogP contribution in [0.25, 0.3) is 10.9 Å². The van der Waals surface area contributed by atoms with Gasteiger partial charge in [0.05, 0.1) is 12.1 Å². The second kappa shape index (κ2) is 5.47. The predicted octanol–water partition coefficient (Wildman–Crippen LogP) is 2.50. The second-order valence-corrected chi connectivity index (χ2v) is 3.94. The molecule has 0 fully saturated rings. The average molecular weight is 224 g/mol. The van der Waals surface area contributed by atoms with Crippen molar-refractivity contribution in [3.63, 3.8) is 0 Å². The van der Waals surface area contributed by atoms with Gasteiger partial charge in [-0.3, -0.25) is 4.98 Å². The normalized spacial score (nSPS) is 10.0. The fourth-order valence-electron chi connectivity index (χ4n) is 1.64. The first-order chi connectivity index (χ1) is 8.29. The highest BCUT2D eigenvalue weighted by Gasteiger charge is 1.95. The molecule has 0 amide bonds. The molecule has 0 saturated carbocycles. The van der Waals surface area contributed by atoms with Crippen molar-refractivity contribution in [1.29, 1.82) is 0 Å². The van der Waals surface area contributed by atoms with Gasteiger partial charge in [0.2, 0.25) is 0 Å². The Morgan fingerprint density at radius 2 is 2.12 bits per heavy atom. The maximum atomic E-state index is 4.47. The molecule has 1 N–H and O–H groups in total. The van der Waals surface area contributed by atoms with Crippen molar-refractivity contribution < 1.29 is 0 Å². The lowest BCUT2D eigenvalue weighted by atomic mass is 10.1. The third-order valence-corrected chi connectivity index (χ3v) is 2.52. The number of pyridine rings is 1. The Kier molecular flexibility index (Phi) is 3.74. The lowest BCUT2D eigenvalue weighted by Gasteiger charge is -1.99. The van der Waals surface area contributed by atoms with Crippen molar-refractivity contribution in [3.05, 3.63) is 41.6 Å². The first-order valence-corrected chi connectivity index (χ1v) is 5.86. The van der Waals surface area contributed by atoms with Crippen molar-refractivity contribution >= 4 is 10.9 Å². The first-order valence-electron chi connectivity index (χ1n) is 5.86. The molecule has 0 unspecified atom stereocenters. The zero-order valence-electron chi connectivity index (χ0n) is 10.2. The average Bonchev–Trinajstić information content (AvgIpc) is 2.35. The molecule has 0 aliphatic rings. The fourth-order valence-corrected chi connectivity index (χ4v) is 1.64. The molecule has 2 rings (SSSR count). The highest BCUT2D eigenvalue weighted by molar-refractivity contribution is 5.80. The van der Waals surface area contributed by atoms with Gasteiger partial charge in [-0.25, -0.2) is 0 Å². The zero-order valence-corrected chi connectivity index (χ0v) is 10.2. The van der Waals surface area contributed by atoms with Crippen molar-refractivity contribution in [2.24, 2.45) is 0 Å². The summed E-state index contributed by atoms with van der Waals surface area (Å²) in [4.78, 5) is 4.47. The van der Waals surface area contributed by atoms with Crippen LogP contribution in [0.3, 0.4) is 0 Å². The SMILES string of the molecule is CCNCC#Cc1ccc2nc(C)ccc2c1. The number of aryl methyl sites for hydroxylation is 1. The number of aromatic nitrogens is 1. The van der Waals surface area contributed by atoms with E-state index in [9.17, 15) is 0 Å². The molecule has 0 atom stereocenters. The van der Waals surface area contributed by atoms with E-state index >= 15 is 0 Å². The van der Waals surface area contributed by atoms with Gasteiger partial charge in [-0.05, 0) is 37.7 Å². The van der Waals surface area contributed by atoms with Crippen LogP contribution in [-0.4, -0.2) is 18.1 Å². The molecule has 2 nitrogen and oxygen atoms in total. The Labute approximate surface area is 102 Å². The molecule has 0 radical (unpaired) electrons. The molecule has 1 heterocycles. The van der Waals surface area contributed by atoms with Crippen LogP contribution in [0.5, 0.6) is 0 Å². The molecule has 86 valence electrons. The summed E-state index contributed by atoms with van der Waals surface area (Å²) >= 11 is 0.